The molecule has 0 amide bonds. The van der Waals surface area contributed by atoms with E-state index >= 15 is 0 Å². The highest BCUT2D eigenvalue weighted by Gasteiger charge is 2.26. The van der Waals surface area contributed by atoms with Crippen LogP contribution in [0.1, 0.15) is 27.3 Å². The van der Waals surface area contributed by atoms with E-state index in [-0.39, 0.29) is 11.3 Å². The van der Waals surface area contributed by atoms with E-state index < -0.39 is 5.97 Å². The lowest BCUT2D eigenvalue weighted by atomic mass is 10.1. The van der Waals surface area contributed by atoms with Crippen molar-refractivity contribution in [3.05, 3.63) is 51.8 Å². The first-order valence-electron chi connectivity index (χ1n) is 6.82. The van der Waals surface area contributed by atoms with Gasteiger partial charge < -0.3 is 9.36 Å². The fourth-order valence-corrected chi connectivity index (χ4v) is 2.81. The highest BCUT2D eigenvalue weighted by Crippen LogP contribution is 2.31. The van der Waals surface area contributed by atoms with Crippen LogP contribution in [0.25, 0.3) is 10.6 Å². The number of halogens is 1. The van der Waals surface area contributed by atoms with Gasteiger partial charge in [0, 0.05) is 5.02 Å². The molecule has 2 aromatic heterocycles. The highest BCUT2D eigenvalue weighted by molar-refractivity contribution is 7.09. The standard InChI is InChI=1S/C15H11ClN4O3S/c1-8-12(13(22-19-8)14-9(2)18-20-24-14)15(21)23-17-7-10-4-3-5-11(16)6-10/h3-7H,1-2H3/b17-7-. The summed E-state index contributed by atoms with van der Waals surface area (Å²) < 4.78 is 9.06. The molecule has 3 rings (SSSR count). The Kier molecular flexibility index (Phi) is 4.68. The fourth-order valence-electron chi connectivity index (χ4n) is 1.97. The molecule has 24 heavy (non-hydrogen) atoms. The second kappa shape index (κ2) is 6.90. The lowest BCUT2D eigenvalue weighted by Gasteiger charge is -1.98. The van der Waals surface area contributed by atoms with Crippen molar-refractivity contribution in [3.8, 4) is 10.6 Å². The smallest absolute Gasteiger partial charge is 0.354 e. The number of aryl methyl sites for hydroxylation is 2. The van der Waals surface area contributed by atoms with Crippen LogP contribution in [0.3, 0.4) is 0 Å². The molecule has 0 aliphatic carbocycles. The monoisotopic (exact) mass is 362 g/mol. The van der Waals surface area contributed by atoms with Gasteiger partial charge in [0.05, 0.1) is 17.6 Å². The molecule has 0 saturated carbocycles. The first-order chi connectivity index (χ1) is 11.6. The van der Waals surface area contributed by atoms with Crippen molar-refractivity contribution >= 4 is 35.3 Å². The normalized spacial score (nSPS) is 11.1. The maximum Gasteiger partial charge on any atom is 0.371 e. The number of aromatic nitrogens is 3. The van der Waals surface area contributed by atoms with Gasteiger partial charge >= 0.3 is 5.97 Å². The highest BCUT2D eigenvalue weighted by atomic mass is 35.5. The Hall–Kier alpha value is -2.58. The Bertz CT molecular complexity index is 919. The Morgan fingerprint density at radius 3 is 2.92 bits per heavy atom. The maximum absolute atomic E-state index is 12.3. The lowest BCUT2D eigenvalue weighted by molar-refractivity contribution is 0.0519. The van der Waals surface area contributed by atoms with E-state index in [1.54, 1.807) is 38.1 Å². The number of benzene rings is 1. The Morgan fingerprint density at radius 2 is 2.21 bits per heavy atom. The van der Waals surface area contributed by atoms with Crippen LogP contribution >= 0.6 is 23.1 Å². The quantitative estimate of drug-likeness (QED) is 0.399. The Labute approximate surface area is 146 Å². The minimum Gasteiger partial charge on any atom is -0.354 e. The second-order valence-electron chi connectivity index (χ2n) is 4.83. The van der Waals surface area contributed by atoms with Gasteiger partial charge in [0.2, 0.25) is 0 Å². The molecule has 3 aromatic rings. The molecule has 0 radical (unpaired) electrons. The van der Waals surface area contributed by atoms with Crippen LogP contribution in [-0.2, 0) is 4.84 Å². The van der Waals surface area contributed by atoms with E-state index in [0.717, 1.165) is 11.5 Å². The predicted molar refractivity (Wildman–Crippen MR) is 89.3 cm³/mol. The summed E-state index contributed by atoms with van der Waals surface area (Å²) in [6.07, 6.45) is 1.39. The van der Waals surface area contributed by atoms with E-state index in [1.807, 2.05) is 0 Å². The van der Waals surface area contributed by atoms with Gasteiger partial charge in [-0.05, 0) is 43.1 Å². The average molecular weight is 363 g/mol. The zero-order valence-corrected chi connectivity index (χ0v) is 14.3. The minimum absolute atomic E-state index is 0.201. The van der Waals surface area contributed by atoms with Gasteiger partial charge in [-0.3, -0.25) is 0 Å². The molecule has 0 unspecified atom stereocenters. The molecule has 0 spiro atoms. The summed E-state index contributed by atoms with van der Waals surface area (Å²) in [5.41, 5.74) is 1.96. The van der Waals surface area contributed by atoms with Crippen molar-refractivity contribution < 1.29 is 14.2 Å². The SMILES string of the molecule is Cc1nnsc1-c1onc(C)c1C(=O)O/N=C\c1cccc(Cl)c1. The summed E-state index contributed by atoms with van der Waals surface area (Å²) >= 11 is 6.99. The van der Waals surface area contributed by atoms with E-state index in [0.29, 0.717) is 26.9 Å². The molecule has 122 valence electrons. The number of nitrogens with zero attached hydrogens (tertiary/aromatic N) is 4. The van der Waals surface area contributed by atoms with Gasteiger partial charge in [0.15, 0.2) is 5.76 Å². The van der Waals surface area contributed by atoms with Gasteiger partial charge in [-0.1, -0.05) is 38.5 Å². The third kappa shape index (κ3) is 3.34. The van der Waals surface area contributed by atoms with Crippen LogP contribution in [0, 0.1) is 13.8 Å². The van der Waals surface area contributed by atoms with Crippen LogP contribution in [0.15, 0.2) is 33.9 Å². The third-order valence-electron chi connectivity index (χ3n) is 3.11. The molecular formula is C15H11ClN4O3S. The van der Waals surface area contributed by atoms with Gasteiger partial charge in [-0.25, -0.2) is 4.79 Å². The van der Waals surface area contributed by atoms with Crippen molar-refractivity contribution in [2.45, 2.75) is 13.8 Å². The first kappa shape index (κ1) is 16.3. The Morgan fingerprint density at radius 1 is 1.38 bits per heavy atom. The molecular weight excluding hydrogens is 352 g/mol. The lowest BCUT2D eigenvalue weighted by Crippen LogP contribution is -2.03. The minimum atomic E-state index is -0.671. The van der Waals surface area contributed by atoms with E-state index in [4.69, 9.17) is 21.0 Å². The van der Waals surface area contributed by atoms with E-state index in [9.17, 15) is 4.79 Å². The zero-order valence-electron chi connectivity index (χ0n) is 12.7. The first-order valence-corrected chi connectivity index (χ1v) is 7.97. The van der Waals surface area contributed by atoms with E-state index in [1.165, 1.54) is 6.21 Å². The average Bonchev–Trinajstić information content (AvgIpc) is 3.12. The van der Waals surface area contributed by atoms with Crippen LogP contribution in [0.2, 0.25) is 5.02 Å². The largest absolute Gasteiger partial charge is 0.371 e. The molecule has 0 saturated heterocycles. The molecule has 2 heterocycles. The number of oxime groups is 1. The fraction of sp³-hybridized carbons (Fsp3) is 0.133. The van der Waals surface area contributed by atoms with Crippen molar-refractivity contribution in [2.24, 2.45) is 5.16 Å². The van der Waals surface area contributed by atoms with Gasteiger partial charge in [0.1, 0.15) is 10.4 Å². The van der Waals surface area contributed by atoms with Crippen LogP contribution in [-0.4, -0.2) is 26.9 Å². The molecule has 0 atom stereocenters. The topological polar surface area (TPSA) is 90.5 Å². The number of carbonyl (C=O) groups is 1. The molecule has 0 aliphatic heterocycles. The van der Waals surface area contributed by atoms with Crippen molar-refractivity contribution in [1.82, 2.24) is 14.7 Å². The summed E-state index contributed by atoms with van der Waals surface area (Å²) in [5.74, 6) is -0.391. The molecule has 0 aliphatic rings. The van der Waals surface area contributed by atoms with Crippen LogP contribution in [0.5, 0.6) is 0 Å². The molecule has 0 N–H and O–H groups in total. The van der Waals surface area contributed by atoms with E-state index in [2.05, 4.69) is 19.9 Å². The Balaban J connectivity index is 1.81. The third-order valence-corrected chi connectivity index (χ3v) is 4.17. The molecule has 9 heteroatoms. The number of hydrogen-bond donors (Lipinski definition) is 0. The summed E-state index contributed by atoms with van der Waals surface area (Å²) in [6, 6.07) is 6.99. The zero-order chi connectivity index (χ0) is 17.1. The van der Waals surface area contributed by atoms with Crippen LogP contribution < -0.4 is 0 Å². The molecule has 0 bridgehead atoms. The molecule has 1 aromatic carbocycles. The van der Waals surface area contributed by atoms with Gasteiger partial charge in [0.25, 0.3) is 0 Å². The van der Waals surface area contributed by atoms with Crippen molar-refractivity contribution in [3.63, 3.8) is 0 Å². The summed E-state index contributed by atoms with van der Waals surface area (Å²) in [4.78, 5) is 17.9. The number of rotatable bonds is 4. The van der Waals surface area contributed by atoms with Crippen LogP contribution in [0.4, 0.5) is 0 Å². The molecule has 7 nitrogen and oxygen atoms in total. The van der Waals surface area contributed by atoms with Gasteiger partial charge in [-0.15, -0.1) is 5.10 Å². The number of carbonyl (C=O) groups excluding carboxylic acids is 1. The van der Waals surface area contributed by atoms with Crippen molar-refractivity contribution in [1.29, 1.82) is 0 Å². The predicted octanol–water partition coefficient (Wildman–Crippen LogP) is 3.65. The number of hydrogen-bond acceptors (Lipinski definition) is 8. The summed E-state index contributed by atoms with van der Waals surface area (Å²) in [7, 11) is 0. The summed E-state index contributed by atoms with van der Waals surface area (Å²) in [5, 5.41) is 12.0. The van der Waals surface area contributed by atoms with Crippen molar-refractivity contribution in [2.75, 3.05) is 0 Å². The summed E-state index contributed by atoms with van der Waals surface area (Å²) in [6.45, 7) is 3.41. The maximum atomic E-state index is 12.3. The van der Waals surface area contributed by atoms with Gasteiger partial charge in [-0.2, -0.15) is 0 Å². The second-order valence-corrected chi connectivity index (χ2v) is 6.02. The molecule has 0 fully saturated rings.